The lowest BCUT2D eigenvalue weighted by molar-refractivity contribution is 0.319. The van der Waals surface area contributed by atoms with Crippen molar-refractivity contribution in [2.45, 2.75) is 32.6 Å². The molecule has 0 radical (unpaired) electrons. The molecule has 2 aromatic carbocycles. The Morgan fingerprint density at radius 3 is 2.20 bits per heavy atom. The van der Waals surface area contributed by atoms with Crippen LogP contribution < -0.4 is 14.4 Å². The van der Waals surface area contributed by atoms with Gasteiger partial charge in [0, 0.05) is 37.8 Å². The molecule has 186 valence electrons. The summed E-state index contributed by atoms with van der Waals surface area (Å²) in [5.74, 6) is 1.58. The van der Waals surface area contributed by atoms with E-state index in [1.807, 2.05) is 32.0 Å². The van der Waals surface area contributed by atoms with Crippen molar-refractivity contribution in [2.24, 2.45) is 0 Å². The first-order valence-electron chi connectivity index (χ1n) is 11.9. The number of aromatic nitrogens is 2. The summed E-state index contributed by atoms with van der Waals surface area (Å²) < 4.78 is 39.6. The zero-order valence-electron chi connectivity index (χ0n) is 20.7. The molecule has 0 bridgehead atoms. The third kappa shape index (κ3) is 5.41. The lowest BCUT2D eigenvalue weighted by Crippen LogP contribution is -2.49. The van der Waals surface area contributed by atoms with Crippen molar-refractivity contribution in [2.75, 3.05) is 44.3 Å². The molecule has 3 aromatic rings. The van der Waals surface area contributed by atoms with Gasteiger partial charge in [-0.05, 0) is 69.2 Å². The smallest absolute Gasteiger partial charge is 0.247 e. The molecule has 1 aromatic heterocycles. The van der Waals surface area contributed by atoms with Crippen LogP contribution in [0.3, 0.4) is 0 Å². The molecule has 1 saturated heterocycles. The predicted molar refractivity (Wildman–Crippen MR) is 137 cm³/mol. The monoisotopic (exact) mass is 496 g/mol. The Morgan fingerprint density at radius 2 is 1.57 bits per heavy atom. The average Bonchev–Trinajstić information content (AvgIpc) is 2.87. The molecule has 4 rings (SSSR count). The first-order valence-corrected chi connectivity index (χ1v) is 13.3. The molecule has 0 saturated carbocycles. The average molecular weight is 497 g/mol. The van der Waals surface area contributed by atoms with Gasteiger partial charge in [0.25, 0.3) is 0 Å². The van der Waals surface area contributed by atoms with E-state index in [1.165, 1.54) is 15.4 Å². The van der Waals surface area contributed by atoms with Gasteiger partial charge in [-0.15, -0.1) is 10.2 Å². The van der Waals surface area contributed by atoms with E-state index < -0.39 is 10.0 Å². The molecule has 8 nitrogen and oxygen atoms in total. The number of ether oxygens (including phenoxy) is 2. The number of hydrogen-bond acceptors (Lipinski definition) is 7. The summed E-state index contributed by atoms with van der Waals surface area (Å²) in [6.07, 6.45) is 0. The summed E-state index contributed by atoms with van der Waals surface area (Å²) in [5, 5.41) is 8.83. The maximum absolute atomic E-state index is 13.5. The molecule has 1 aliphatic rings. The van der Waals surface area contributed by atoms with Gasteiger partial charge in [0.2, 0.25) is 10.0 Å². The molecule has 35 heavy (non-hydrogen) atoms. The molecule has 0 unspecified atom stereocenters. The van der Waals surface area contributed by atoms with Crippen molar-refractivity contribution in [1.82, 2.24) is 14.5 Å². The van der Waals surface area contributed by atoms with E-state index in [4.69, 9.17) is 9.47 Å². The Balaban J connectivity index is 1.47. The summed E-state index contributed by atoms with van der Waals surface area (Å²) in [6, 6.07) is 15.1. The Labute approximate surface area is 207 Å². The number of nitrogens with zero attached hydrogens (tertiary/aromatic N) is 4. The second kappa shape index (κ2) is 10.6. The molecule has 2 heterocycles. The van der Waals surface area contributed by atoms with E-state index >= 15 is 0 Å². The normalized spacial score (nSPS) is 14.7. The first kappa shape index (κ1) is 24.9. The van der Waals surface area contributed by atoms with Crippen LogP contribution in [0.4, 0.5) is 5.82 Å². The summed E-state index contributed by atoms with van der Waals surface area (Å²) in [4.78, 5) is 2.19. The van der Waals surface area contributed by atoms with Gasteiger partial charge in [0.05, 0.1) is 18.9 Å². The van der Waals surface area contributed by atoms with E-state index in [2.05, 4.69) is 41.1 Å². The second-order valence-electron chi connectivity index (χ2n) is 8.44. The van der Waals surface area contributed by atoms with E-state index in [-0.39, 0.29) is 4.90 Å². The van der Waals surface area contributed by atoms with Crippen molar-refractivity contribution in [3.05, 3.63) is 59.7 Å². The van der Waals surface area contributed by atoms with Gasteiger partial charge in [0.1, 0.15) is 16.4 Å². The van der Waals surface area contributed by atoms with E-state index in [0.717, 1.165) is 17.1 Å². The molecule has 0 amide bonds. The highest BCUT2D eigenvalue weighted by Gasteiger charge is 2.32. The van der Waals surface area contributed by atoms with E-state index in [0.29, 0.717) is 50.9 Å². The largest absolute Gasteiger partial charge is 0.494 e. The lowest BCUT2D eigenvalue weighted by Gasteiger charge is -2.34. The van der Waals surface area contributed by atoms with Gasteiger partial charge in [0.15, 0.2) is 5.82 Å². The zero-order chi connectivity index (χ0) is 25.0. The van der Waals surface area contributed by atoms with Crippen LogP contribution in [0.1, 0.15) is 25.0 Å². The fourth-order valence-electron chi connectivity index (χ4n) is 4.07. The Morgan fingerprint density at radius 1 is 0.829 bits per heavy atom. The van der Waals surface area contributed by atoms with Crippen LogP contribution in [0, 0.1) is 13.8 Å². The number of piperazine rings is 1. The summed E-state index contributed by atoms with van der Waals surface area (Å²) in [5.41, 5.74) is 4.30. The van der Waals surface area contributed by atoms with Crippen LogP contribution in [0.25, 0.3) is 11.3 Å². The topological polar surface area (TPSA) is 84.9 Å². The fraction of sp³-hybridized carbons (Fsp3) is 0.385. The van der Waals surface area contributed by atoms with Gasteiger partial charge >= 0.3 is 0 Å². The van der Waals surface area contributed by atoms with Crippen molar-refractivity contribution in [1.29, 1.82) is 0 Å². The van der Waals surface area contributed by atoms with Gasteiger partial charge in [-0.25, -0.2) is 8.42 Å². The second-order valence-corrected chi connectivity index (χ2v) is 10.3. The minimum Gasteiger partial charge on any atom is -0.494 e. The fourth-order valence-corrected chi connectivity index (χ4v) is 5.63. The Bertz CT molecular complexity index is 1270. The summed E-state index contributed by atoms with van der Waals surface area (Å²) in [6.45, 7) is 10.4. The molecule has 0 atom stereocenters. The molecular weight excluding hydrogens is 464 g/mol. The third-order valence-corrected chi connectivity index (χ3v) is 8.08. The molecule has 0 aliphatic carbocycles. The Kier molecular flexibility index (Phi) is 7.57. The van der Waals surface area contributed by atoms with Gasteiger partial charge < -0.3 is 14.4 Å². The number of rotatable bonds is 8. The van der Waals surface area contributed by atoms with Crippen molar-refractivity contribution in [3.8, 4) is 22.8 Å². The summed E-state index contributed by atoms with van der Waals surface area (Å²) >= 11 is 0. The lowest BCUT2D eigenvalue weighted by atomic mass is 10.0. The highest BCUT2D eigenvalue weighted by molar-refractivity contribution is 7.89. The maximum atomic E-state index is 13.5. The van der Waals surface area contributed by atoms with Crippen LogP contribution in [0.5, 0.6) is 11.5 Å². The predicted octanol–water partition coefficient (Wildman–Crippen LogP) is 4.07. The molecule has 0 N–H and O–H groups in total. The molecule has 1 aliphatic heterocycles. The molecule has 1 fully saturated rings. The zero-order valence-corrected chi connectivity index (χ0v) is 21.5. The van der Waals surface area contributed by atoms with Crippen molar-refractivity contribution >= 4 is 15.8 Å². The van der Waals surface area contributed by atoms with Gasteiger partial charge in [-0.1, -0.05) is 12.1 Å². The Hall–Kier alpha value is -3.17. The number of aryl methyl sites for hydroxylation is 2. The van der Waals surface area contributed by atoms with E-state index in [9.17, 15) is 8.42 Å². The molecular formula is C26H32N4O4S. The van der Waals surface area contributed by atoms with Gasteiger partial charge in [-0.3, -0.25) is 0 Å². The van der Waals surface area contributed by atoms with Gasteiger partial charge in [-0.2, -0.15) is 4.31 Å². The minimum atomic E-state index is -3.75. The summed E-state index contributed by atoms with van der Waals surface area (Å²) in [7, 11) is -3.75. The van der Waals surface area contributed by atoms with Crippen LogP contribution in [0.2, 0.25) is 0 Å². The highest BCUT2D eigenvalue weighted by atomic mass is 32.2. The third-order valence-electron chi connectivity index (χ3n) is 6.16. The number of anilines is 1. The number of benzene rings is 2. The van der Waals surface area contributed by atoms with Crippen molar-refractivity contribution in [3.63, 3.8) is 0 Å². The maximum Gasteiger partial charge on any atom is 0.247 e. The number of hydrogen-bond donors (Lipinski definition) is 0. The van der Waals surface area contributed by atoms with Crippen LogP contribution in [0.15, 0.2) is 53.4 Å². The molecule has 9 heteroatoms. The van der Waals surface area contributed by atoms with Crippen LogP contribution in [-0.2, 0) is 10.0 Å². The van der Waals surface area contributed by atoms with Crippen LogP contribution >= 0.6 is 0 Å². The van der Waals surface area contributed by atoms with E-state index in [1.54, 1.807) is 18.2 Å². The standard InChI is InChI=1S/C26H32N4O4S/c1-5-33-22-9-11-24(34-6-2)25(18-22)35(31,32)30-15-13-29(14-16-30)26-12-10-23(27-28-26)21-8-7-19(3)20(4)17-21/h7-12,17-18H,5-6,13-16H2,1-4H3. The quantitative estimate of drug-likeness (QED) is 0.465. The SMILES string of the molecule is CCOc1ccc(OCC)c(S(=O)(=O)N2CCN(c3ccc(-c4ccc(C)c(C)c4)nn3)CC2)c1. The number of sulfonamides is 1. The van der Waals surface area contributed by atoms with Crippen molar-refractivity contribution < 1.29 is 17.9 Å². The van der Waals surface area contributed by atoms with Crippen LogP contribution in [-0.4, -0.2) is 62.3 Å². The molecule has 0 spiro atoms. The highest BCUT2D eigenvalue weighted by Crippen LogP contribution is 2.32. The minimum absolute atomic E-state index is 0.135. The first-order chi connectivity index (χ1) is 16.8.